The Hall–Kier alpha value is -2.89. The SMILES string of the molecule is CCCOc1ccccc1C(=O)NNC(=O)c1ccccc1F. The lowest BCUT2D eigenvalue weighted by molar-refractivity contribution is 0.0842. The van der Waals surface area contributed by atoms with Gasteiger partial charge < -0.3 is 4.74 Å². The van der Waals surface area contributed by atoms with Crippen LogP contribution in [-0.2, 0) is 0 Å². The predicted molar refractivity (Wildman–Crippen MR) is 83.6 cm³/mol. The quantitative estimate of drug-likeness (QED) is 0.833. The van der Waals surface area contributed by atoms with Crippen molar-refractivity contribution in [1.29, 1.82) is 0 Å². The van der Waals surface area contributed by atoms with Gasteiger partial charge >= 0.3 is 0 Å². The van der Waals surface area contributed by atoms with Crippen molar-refractivity contribution in [2.75, 3.05) is 6.61 Å². The molecule has 0 atom stereocenters. The van der Waals surface area contributed by atoms with E-state index in [-0.39, 0.29) is 11.1 Å². The maximum absolute atomic E-state index is 13.5. The van der Waals surface area contributed by atoms with Crippen LogP contribution in [0.1, 0.15) is 34.1 Å². The number of hydrogen-bond acceptors (Lipinski definition) is 3. The van der Waals surface area contributed by atoms with Gasteiger partial charge in [0.25, 0.3) is 11.8 Å². The number of hydrogen-bond donors (Lipinski definition) is 2. The maximum atomic E-state index is 13.5. The van der Waals surface area contributed by atoms with Crippen LogP contribution < -0.4 is 15.6 Å². The predicted octanol–water partition coefficient (Wildman–Crippen LogP) is 2.69. The van der Waals surface area contributed by atoms with E-state index in [0.717, 1.165) is 6.42 Å². The molecule has 0 saturated carbocycles. The third-order valence-corrected chi connectivity index (χ3v) is 3.00. The van der Waals surface area contributed by atoms with Crippen molar-refractivity contribution in [3.63, 3.8) is 0 Å². The van der Waals surface area contributed by atoms with Crippen LogP contribution in [-0.4, -0.2) is 18.4 Å². The lowest BCUT2D eigenvalue weighted by Gasteiger charge is -2.12. The molecule has 2 aromatic carbocycles. The second-order valence-corrected chi connectivity index (χ2v) is 4.73. The summed E-state index contributed by atoms with van der Waals surface area (Å²) in [6, 6.07) is 12.2. The molecule has 0 bridgehead atoms. The molecule has 0 radical (unpaired) electrons. The molecule has 0 aliphatic carbocycles. The van der Waals surface area contributed by atoms with Crippen LogP contribution in [0.2, 0.25) is 0 Å². The van der Waals surface area contributed by atoms with Crippen LogP contribution in [0.15, 0.2) is 48.5 Å². The summed E-state index contributed by atoms with van der Waals surface area (Å²) in [5, 5.41) is 0. The Balaban J connectivity index is 2.03. The third-order valence-electron chi connectivity index (χ3n) is 3.00. The second-order valence-electron chi connectivity index (χ2n) is 4.73. The van der Waals surface area contributed by atoms with Crippen LogP contribution in [0.4, 0.5) is 4.39 Å². The minimum absolute atomic E-state index is 0.150. The molecule has 2 rings (SSSR count). The first kappa shape index (κ1) is 16.5. The molecule has 5 nitrogen and oxygen atoms in total. The van der Waals surface area contributed by atoms with E-state index >= 15 is 0 Å². The Labute approximate surface area is 133 Å². The highest BCUT2D eigenvalue weighted by Gasteiger charge is 2.15. The van der Waals surface area contributed by atoms with Gasteiger partial charge in [-0.2, -0.15) is 0 Å². The van der Waals surface area contributed by atoms with Gasteiger partial charge in [0.1, 0.15) is 11.6 Å². The van der Waals surface area contributed by atoms with E-state index in [2.05, 4.69) is 10.9 Å². The minimum atomic E-state index is -0.733. The van der Waals surface area contributed by atoms with Gasteiger partial charge in [0.05, 0.1) is 17.7 Å². The molecule has 23 heavy (non-hydrogen) atoms. The van der Waals surface area contributed by atoms with E-state index in [1.54, 1.807) is 24.3 Å². The standard InChI is InChI=1S/C17H17FN2O3/c1-2-11-23-15-10-6-4-8-13(15)17(22)20-19-16(21)12-7-3-5-9-14(12)18/h3-10H,2,11H2,1H3,(H,19,21)(H,20,22). The minimum Gasteiger partial charge on any atom is -0.493 e. The van der Waals surface area contributed by atoms with Crippen LogP contribution in [0.25, 0.3) is 0 Å². The molecule has 0 heterocycles. The van der Waals surface area contributed by atoms with E-state index in [1.807, 2.05) is 6.92 Å². The summed E-state index contributed by atoms with van der Waals surface area (Å²) in [4.78, 5) is 24.0. The zero-order valence-corrected chi connectivity index (χ0v) is 12.6. The number of nitrogens with one attached hydrogen (secondary N) is 2. The number of benzene rings is 2. The fourth-order valence-corrected chi connectivity index (χ4v) is 1.89. The maximum Gasteiger partial charge on any atom is 0.273 e. The van der Waals surface area contributed by atoms with Crippen molar-refractivity contribution in [3.8, 4) is 5.75 Å². The molecule has 0 fully saturated rings. The van der Waals surface area contributed by atoms with Gasteiger partial charge in [-0.25, -0.2) is 4.39 Å². The Morgan fingerprint density at radius 2 is 1.52 bits per heavy atom. The van der Waals surface area contributed by atoms with Gasteiger partial charge in [-0.1, -0.05) is 31.2 Å². The number of halogens is 1. The third kappa shape index (κ3) is 4.29. The van der Waals surface area contributed by atoms with Crippen molar-refractivity contribution < 1.29 is 18.7 Å². The molecular formula is C17H17FN2O3. The average molecular weight is 316 g/mol. The Morgan fingerprint density at radius 1 is 0.957 bits per heavy atom. The van der Waals surface area contributed by atoms with Crippen LogP contribution >= 0.6 is 0 Å². The number of amides is 2. The lowest BCUT2D eigenvalue weighted by Crippen LogP contribution is -2.42. The summed E-state index contributed by atoms with van der Waals surface area (Å²) in [6.07, 6.45) is 0.806. The van der Waals surface area contributed by atoms with E-state index in [9.17, 15) is 14.0 Å². The van der Waals surface area contributed by atoms with Gasteiger partial charge in [-0.05, 0) is 30.7 Å². The molecule has 0 unspecified atom stereocenters. The largest absolute Gasteiger partial charge is 0.493 e. The summed E-state index contributed by atoms with van der Waals surface area (Å²) < 4.78 is 19.0. The number of hydrazine groups is 1. The van der Waals surface area contributed by atoms with Gasteiger partial charge in [0.2, 0.25) is 0 Å². The van der Waals surface area contributed by atoms with E-state index in [4.69, 9.17) is 4.74 Å². The molecule has 0 saturated heterocycles. The van der Waals surface area contributed by atoms with Crippen molar-refractivity contribution in [2.45, 2.75) is 13.3 Å². The molecule has 0 aromatic heterocycles. The van der Waals surface area contributed by atoms with Crippen LogP contribution in [0.3, 0.4) is 0 Å². The topological polar surface area (TPSA) is 67.4 Å². The van der Waals surface area contributed by atoms with Gasteiger partial charge in [0, 0.05) is 0 Å². The summed E-state index contributed by atoms with van der Waals surface area (Å²) in [7, 11) is 0. The second kappa shape index (κ2) is 7.93. The molecule has 2 amide bonds. The highest BCUT2D eigenvalue weighted by molar-refractivity contribution is 6.00. The molecular weight excluding hydrogens is 299 g/mol. The molecule has 0 aliphatic rings. The number of rotatable bonds is 5. The molecule has 2 N–H and O–H groups in total. The van der Waals surface area contributed by atoms with E-state index < -0.39 is 17.6 Å². The first-order valence-electron chi connectivity index (χ1n) is 7.20. The Kier molecular flexibility index (Phi) is 5.68. The zero-order valence-electron chi connectivity index (χ0n) is 12.6. The first-order chi connectivity index (χ1) is 11.1. The highest BCUT2D eigenvalue weighted by atomic mass is 19.1. The molecule has 6 heteroatoms. The fourth-order valence-electron chi connectivity index (χ4n) is 1.89. The molecule has 0 spiro atoms. The Morgan fingerprint density at radius 3 is 2.17 bits per heavy atom. The van der Waals surface area contributed by atoms with Gasteiger partial charge in [-0.15, -0.1) is 0 Å². The number of carbonyl (C=O) groups excluding carboxylic acids is 2. The number of carbonyl (C=O) groups is 2. The summed E-state index contributed by atoms with van der Waals surface area (Å²) in [5.41, 5.74) is 4.58. The van der Waals surface area contributed by atoms with E-state index in [0.29, 0.717) is 12.4 Å². The summed E-state index contributed by atoms with van der Waals surface area (Å²) >= 11 is 0. The molecule has 120 valence electrons. The number of ether oxygens (including phenoxy) is 1. The van der Waals surface area contributed by atoms with Gasteiger partial charge in [-0.3, -0.25) is 20.4 Å². The summed E-state index contributed by atoms with van der Waals surface area (Å²) in [6.45, 7) is 2.43. The Bertz CT molecular complexity index is 704. The van der Waals surface area contributed by atoms with E-state index in [1.165, 1.54) is 24.3 Å². The highest BCUT2D eigenvalue weighted by Crippen LogP contribution is 2.17. The monoisotopic (exact) mass is 316 g/mol. The lowest BCUT2D eigenvalue weighted by atomic mass is 10.2. The van der Waals surface area contributed by atoms with Crippen molar-refractivity contribution in [3.05, 3.63) is 65.5 Å². The zero-order chi connectivity index (χ0) is 16.7. The number of para-hydroxylation sites is 1. The van der Waals surface area contributed by atoms with Crippen molar-refractivity contribution >= 4 is 11.8 Å². The molecule has 0 aliphatic heterocycles. The smallest absolute Gasteiger partial charge is 0.273 e. The van der Waals surface area contributed by atoms with Gasteiger partial charge in [0.15, 0.2) is 0 Å². The van der Waals surface area contributed by atoms with Crippen LogP contribution in [0, 0.1) is 5.82 Å². The fraction of sp³-hybridized carbons (Fsp3) is 0.176. The first-order valence-corrected chi connectivity index (χ1v) is 7.20. The normalized spacial score (nSPS) is 10.0. The average Bonchev–Trinajstić information content (AvgIpc) is 2.58. The van der Waals surface area contributed by atoms with Crippen LogP contribution in [0.5, 0.6) is 5.75 Å². The van der Waals surface area contributed by atoms with Crippen molar-refractivity contribution in [2.24, 2.45) is 0 Å². The van der Waals surface area contributed by atoms with Crippen molar-refractivity contribution in [1.82, 2.24) is 10.9 Å². The molecule has 2 aromatic rings. The summed E-state index contributed by atoms with van der Waals surface area (Å²) in [5.74, 6) is -1.51.